The normalized spacial score (nSPS) is 15.2. The quantitative estimate of drug-likeness (QED) is 0.781. The van der Waals surface area contributed by atoms with Crippen molar-refractivity contribution in [1.29, 1.82) is 0 Å². The Morgan fingerprint density at radius 1 is 1.24 bits per heavy atom. The zero-order chi connectivity index (χ0) is 18.0. The van der Waals surface area contributed by atoms with E-state index in [1.54, 1.807) is 6.07 Å². The van der Waals surface area contributed by atoms with Crippen LogP contribution in [0.5, 0.6) is 0 Å². The fourth-order valence-corrected chi connectivity index (χ4v) is 3.43. The Morgan fingerprint density at radius 2 is 1.92 bits per heavy atom. The zero-order valence-corrected chi connectivity index (χ0v) is 15.4. The van der Waals surface area contributed by atoms with Gasteiger partial charge in [0.15, 0.2) is 0 Å². The topological polar surface area (TPSA) is 58.4 Å². The monoisotopic (exact) mass is 357 g/mol. The van der Waals surface area contributed by atoms with Gasteiger partial charge in [0.25, 0.3) is 5.91 Å². The second-order valence-corrected chi connectivity index (χ2v) is 7.24. The lowest BCUT2D eigenvalue weighted by Gasteiger charge is -2.33. The summed E-state index contributed by atoms with van der Waals surface area (Å²) in [5.74, 6) is 0.577. The molecule has 1 heterocycles. The van der Waals surface area contributed by atoms with E-state index in [-0.39, 0.29) is 5.91 Å². The molecule has 1 fully saturated rings. The van der Waals surface area contributed by atoms with Gasteiger partial charge in [0, 0.05) is 18.7 Å². The van der Waals surface area contributed by atoms with E-state index >= 15 is 0 Å². The summed E-state index contributed by atoms with van der Waals surface area (Å²) in [7, 11) is 0. The smallest absolute Gasteiger partial charge is 0.255 e. The number of amides is 1. The van der Waals surface area contributed by atoms with Gasteiger partial charge in [-0.3, -0.25) is 4.79 Å². The number of benzene rings is 2. The third kappa shape index (κ3) is 3.90. The second-order valence-electron chi connectivity index (χ2n) is 6.83. The first-order valence-electron chi connectivity index (χ1n) is 8.66. The molecular weight excluding hydrogens is 334 g/mol. The highest BCUT2D eigenvalue weighted by Crippen LogP contribution is 2.35. The molecule has 132 valence electrons. The number of hydrogen-bond acceptors (Lipinski definition) is 3. The van der Waals surface area contributed by atoms with Crippen LogP contribution in [0.3, 0.4) is 0 Å². The number of carbonyl (C=O) groups excluding carboxylic acids is 1. The van der Waals surface area contributed by atoms with Crippen LogP contribution < -0.4 is 16.0 Å². The van der Waals surface area contributed by atoms with Crippen LogP contribution in [0.15, 0.2) is 36.4 Å². The summed E-state index contributed by atoms with van der Waals surface area (Å²) < 4.78 is 0. The Balaban J connectivity index is 1.85. The van der Waals surface area contributed by atoms with E-state index in [0.717, 1.165) is 43.1 Å². The highest BCUT2D eigenvalue weighted by molar-refractivity contribution is 6.34. The van der Waals surface area contributed by atoms with E-state index in [1.807, 2.05) is 37.3 Å². The Bertz CT molecular complexity index is 783. The van der Waals surface area contributed by atoms with Crippen LogP contribution in [0.2, 0.25) is 5.02 Å². The maximum atomic E-state index is 12.6. The number of halogens is 1. The summed E-state index contributed by atoms with van der Waals surface area (Å²) in [6, 6.07) is 11.1. The molecular formula is C20H24ClN3O. The van der Waals surface area contributed by atoms with Gasteiger partial charge in [0.2, 0.25) is 0 Å². The number of rotatable bonds is 3. The minimum absolute atomic E-state index is 0.164. The van der Waals surface area contributed by atoms with Crippen LogP contribution in [0.25, 0.3) is 0 Å². The molecule has 0 atom stereocenters. The average Bonchev–Trinajstić information content (AvgIpc) is 2.58. The van der Waals surface area contributed by atoms with Crippen LogP contribution in [0, 0.1) is 12.8 Å². The van der Waals surface area contributed by atoms with Crippen molar-refractivity contribution >= 4 is 34.6 Å². The molecule has 0 aromatic heterocycles. The van der Waals surface area contributed by atoms with E-state index in [2.05, 4.69) is 17.1 Å². The third-order valence-corrected chi connectivity index (χ3v) is 5.19. The SMILES string of the molecule is Cc1ccccc1C(=O)Nc1cc(N2CCC(C)CC2)c(N)cc1Cl. The molecule has 0 aliphatic carbocycles. The van der Waals surface area contributed by atoms with Crippen molar-refractivity contribution in [1.82, 2.24) is 0 Å². The van der Waals surface area contributed by atoms with Crippen molar-refractivity contribution in [2.45, 2.75) is 26.7 Å². The Kier molecular flexibility index (Phi) is 5.19. The standard InChI is InChI=1S/C20H24ClN3O/c1-13-7-9-24(10-8-13)19-12-18(16(21)11-17(19)22)23-20(25)15-6-4-3-5-14(15)2/h3-6,11-13H,7-10,22H2,1-2H3,(H,23,25). The molecule has 1 amide bonds. The van der Waals surface area contributed by atoms with Crippen LogP contribution >= 0.6 is 11.6 Å². The number of nitrogens with two attached hydrogens (primary N) is 1. The van der Waals surface area contributed by atoms with Gasteiger partial charge in [-0.15, -0.1) is 0 Å². The first-order chi connectivity index (χ1) is 12.0. The van der Waals surface area contributed by atoms with E-state index < -0.39 is 0 Å². The summed E-state index contributed by atoms with van der Waals surface area (Å²) in [5.41, 5.74) is 9.94. The van der Waals surface area contributed by atoms with Crippen molar-refractivity contribution in [3.05, 3.63) is 52.5 Å². The summed E-state index contributed by atoms with van der Waals surface area (Å²) in [6.45, 7) is 6.13. The van der Waals surface area contributed by atoms with E-state index in [0.29, 0.717) is 22.0 Å². The first-order valence-corrected chi connectivity index (χ1v) is 9.04. The molecule has 2 aromatic rings. The number of nitrogens with zero attached hydrogens (tertiary/aromatic N) is 1. The van der Waals surface area contributed by atoms with Gasteiger partial charge >= 0.3 is 0 Å². The van der Waals surface area contributed by atoms with Crippen molar-refractivity contribution < 1.29 is 4.79 Å². The second kappa shape index (κ2) is 7.36. The molecule has 1 aliphatic heterocycles. The molecule has 0 saturated carbocycles. The van der Waals surface area contributed by atoms with E-state index in [1.165, 1.54) is 0 Å². The minimum atomic E-state index is -0.164. The molecule has 2 aromatic carbocycles. The number of nitrogen functional groups attached to an aromatic ring is 1. The lowest BCUT2D eigenvalue weighted by atomic mass is 9.98. The number of piperidine rings is 1. The zero-order valence-electron chi connectivity index (χ0n) is 14.7. The van der Waals surface area contributed by atoms with Gasteiger partial charge < -0.3 is 16.0 Å². The predicted molar refractivity (Wildman–Crippen MR) is 106 cm³/mol. The molecule has 0 unspecified atom stereocenters. The van der Waals surface area contributed by atoms with Gasteiger partial charge in [-0.2, -0.15) is 0 Å². The van der Waals surface area contributed by atoms with Crippen molar-refractivity contribution in [3.8, 4) is 0 Å². The van der Waals surface area contributed by atoms with Gasteiger partial charge in [-0.25, -0.2) is 0 Å². The molecule has 0 radical (unpaired) electrons. The van der Waals surface area contributed by atoms with Crippen molar-refractivity contribution in [2.75, 3.05) is 29.0 Å². The van der Waals surface area contributed by atoms with Crippen molar-refractivity contribution in [2.24, 2.45) is 5.92 Å². The lowest BCUT2D eigenvalue weighted by Crippen LogP contribution is -2.33. The Morgan fingerprint density at radius 3 is 2.60 bits per heavy atom. The highest BCUT2D eigenvalue weighted by Gasteiger charge is 2.20. The molecule has 0 spiro atoms. The van der Waals surface area contributed by atoms with Crippen LogP contribution in [0.4, 0.5) is 17.1 Å². The van der Waals surface area contributed by atoms with Crippen molar-refractivity contribution in [3.63, 3.8) is 0 Å². The van der Waals surface area contributed by atoms with Gasteiger partial charge in [-0.05, 0) is 49.4 Å². The third-order valence-electron chi connectivity index (χ3n) is 4.88. The molecule has 3 N–H and O–H groups in total. The number of hydrogen-bond donors (Lipinski definition) is 2. The van der Waals surface area contributed by atoms with E-state index in [4.69, 9.17) is 17.3 Å². The number of aryl methyl sites for hydroxylation is 1. The molecule has 0 bridgehead atoms. The van der Waals surface area contributed by atoms with Gasteiger partial charge in [0.1, 0.15) is 0 Å². The molecule has 3 rings (SSSR count). The van der Waals surface area contributed by atoms with Crippen LogP contribution in [0.1, 0.15) is 35.7 Å². The fraction of sp³-hybridized carbons (Fsp3) is 0.350. The summed E-state index contributed by atoms with van der Waals surface area (Å²) in [4.78, 5) is 14.9. The molecule has 1 aliphatic rings. The molecule has 4 nitrogen and oxygen atoms in total. The Hall–Kier alpha value is -2.20. The van der Waals surface area contributed by atoms with E-state index in [9.17, 15) is 4.79 Å². The van der Waals surface area contributed by atoms with Gasteiger partial charge in [-0.1, -0.05) is 36.7 Å². The first kappa shape index (κ1) is 17.6. The fourth-order valence-electron chi connectivity index (χ4n) is 3.21. The molecule has 25 heavy (non-hydrogen) atoms. The summed E-state index contributed by atoms with van der Waals surface area (Å²) >= 11 is 6.32. The maximum Gasteiger partial charge on any atom is 0.255 e. The summed E-state index contributed by atoms with van der Waals surface area (Å²) in [6.07, 6.45) is 2.29. The average molecular weight is 358 g/mol. The van der Waals surface area contributed by atoms with Crippen LogP contribution in [-0.4, -0.2) is 19.0 Å². The maximum absolute atomic E-state index is 12.6. The van der Waals surface area contributed by atoms with Gasteiger partial charge in [0.05, 0.1) is 22.1 Å². The highest BCUT2D eigenvalue weighted by atomic mass is 35.5. The van der Waals surface area contributed by atoms with Crippen LogP contribution in [-0.2, 0) is 0 Å². The predicted octanol–water partition coefficient (Wildman–Crippen LogP) is 4.72. The molecule has 1 saturated heterocycles. The number of nitrogens with one attached hydrogen (secondary N) is 1. The lowest BCUT2D eigenvalue weighted by molar-refractivity contribution is 0.102. The summed E-state index contributed by atoms with van der Waals surface area (Å²) in [5, 5.41) is 3.38. The Labute approximate surface area is 154 Å². The largest absolute Gasteiger partial charge is 0.397 e. The molecule has 5 heteroatoms. The number of anilines is 3. The minimum Gasteiger partial charge on any atom is -0.397 e. The number of carbonyl (C=O) groups is 1.